The number of hydrogen-bond donors (Lipinski definition) is 2. The highest BCUT2D eigenvalue weighted by molar-refractivity contribution is 5.88. The summed E-state index contributed by atoms with van der Waals surface area (Å²) in [4.78, 5) is 22.6. The predicted octanol–water partition coefficient (Wildman–Crippen LogP) is 0.490. The summed E-state index contributed by atoms with van der Waals surface area (Å²) in [5.41, 5.74) is -0.00866. The minimum atomic E-state index is -1.29. The molecular formula is C11H9NO4. The van der Waals surface area contributed by atoms with Crippen LogP contribution in [0.4, 0.5) is 0 Å². The van der Waals surface area contributed by atoms with Gasteiger partial charge >= 0.3 is 5.97 Å². The number of aliphatic hydroxyl groups excluding tert-OH is 1. The fourth-order valence-electron chi connectivity index (χ4n) is 1.60. The third-order valence-corrected chi connectivity index (χ3v) is 2.36. The molecule has 0 fully saturated rings. The van der Waals surface area contributed by atoms with Crippen LogP contribution in [-0.4, -0.2) is 20.6 Å². The first-order chi connectivity index (χ1) is 7.65. The first kappa shape index (κ1) is 10.4. The Balaban J connectivity index is 2.94. The molecule has 0 atom stereocenters. The van der Waals surface area contributed by atoms with Crippen molar-refractivity contribution < 1.29 is 15.0 Å². The Morgan fingerprint density at radius 2 is 2.12 bits per heavy atom. The molecule has 5 heteroatoms. The Kier molecular flexibility index (Phi) is 2.46. The zero-order valence-corrected chi connectivity index (χ0v) is 8.25. The number of fused-ring (bicyclic) bond motifs is 1. The van der Waals surface area contributed by atoms with Gasteiger partial charge in [-0.2, -0.15) is 0 Å². The fourth-order valence-corrected chi connectivity index (χ4v) is 1.60. The van der Waals surface area contributed by atoms with Gasteiger partial charge in [-0.25, -0.2) is 4.79 Å². The second-order valence-corrected chi connectivity index (χ2v) is 3.31. The van der Waals surface area contributed by atoms with Gasteiger partial charge in [0.05, 0.1) is 12.1 Å². The number of pyridine rings is 2. The molecule has 2 aromatic heterocycles. The Morgan fingerprint density at radius 1 is 1.38 bits per heavy atom. The quantitative estimate of drug-likeness (QED) is 0.770. The molecule has 16 heavy (non-hydrogen) atoms. The molecule has 0 radical (unpaired) electrons. The fraction of sp³-hybridized carbons (Fsp3) is 0.0909. The molecule has 2 heterocycles. The standard InChI is InChI=1S/C11H9NO4/c13-6-7-5-8(11(15)16)10(14)12-4-2-1-3-9(7)12/h1-5,13H,6H2,(H,15,16). The minimum Gasteiger partial charge on any atom is -0.477 e. The molecule has 0 aromatic carbocycles. The van der Waals surface area contributed by atoms with E-state index < -0.39 is 11.5 Å². The largest absolute Gasteiger partial charge is 0.477 e. The van der Waals surface area contributed by atoms with Crippen molar-refractivity contribution in [2.45, 2.75) is 6.61 Å². The highest BCUT2D eigenvalue weighted by atomic mass is 16.4. The van der Waals surface area contributed by atoms with Crippen LogP contribution >= 0.6 is 0 Å². The molecule has 0 aliphatic heterocycles. The van der Waals surface area contributed by atoms with E-state index in [1.165, 1.54) is 16.7 Å². The number of nitrogens with zero attached hydrogens (tertiary/aromatic N) is 1. The van der Waals surface area contributed by atoms with Crippen molar-refractivity contribution in [1.82, 2.24) is 4.40 Å². The zero-order valence-electron chi connectivity index (χ0n) is 8.25. The molecule has 0 unspecified atom stereocenters. The van der Waals surface area contributed by atoms with Crippen LogP contribution in [0.2, 0.25) is 0 Å². The first-order valence-corrected chi connectivity index (χ1v) is 4.62. The summed E-state index contributed by atoms with van der Waals surface area (Å²) >= 11 is 0. The van der Waals surface area contributed by atoms with Crippen LogP contribution < -0.4 is 5.56 Å². The SMILES string of the molecule is O=C(O)c1cc(CO)c2ccccn2c1=O. The van der Waals surface area contributed by atoms with Gasteiger partial charge < -0.3 is 10.2 Å². The summed E-state index contributed by atoms with van der Waals surface area (Å²) < 4.78 is 1.22. The Hall–Kier alpha value is -2.14. The molecule has 2 aromatic rings. The summed E-state index contributed by atoms with van der Waals surface area (Å²) in [5.74, 6) is -1.29. The van der Waals surface area contributed by atoms with Crippen LogP contribution in [0.3, 0.4) is 0 Å². The second kappa shape index (κ2) is 3.79. The van der Waals surface area contributed by atoms with E-state index in [9.17, 15) is 9.59 Å². The van der Waals surface area contributed by atoms with Gasteiger partial charge in [0.1, 0.15) is 5.56 Å². The molecule has 0 spiro atoms. The van der Waals surface area contributed by atoms with E-state index in [1.807, 2.05) is 0 Å². The number of carboxylic acid groups (broad SMARTS) is 1. The maximum atomic E-state index is 11.7. The van der Waals surface area contributed by atoms with Crippen molar-refractivity contribution in [2.24, 2.45) is 0 Å². The average Bonchev–Trinajstić information content (AvgIpc) is 2.29. The molecule has 0 amide bonds. The van der Waals surface area contributed by atoms with Crippen LogP contribution in [0.5, 0.6) is 0 Å². The maximum Gasteiger partial charge on any atom is 0.341 e. The third-order valence-electron chi connectivity index (χ3n) is 2.36. The highest BCUT2D eigenvalue weighted by Crippen LogP contribution is 2.10. The predicted molar refractivity (Wildman–Crippen MR) is 56.5 cm³/mol. The van der Waals surface area contributed by atoms with E-state index in [2.05, 4.69) is 0 Å². The van der Waals surface area contributed by atoms with Crippen LogP contribution in [-0.2, 0) is 6.61 Å². The van der Waals surface area contributed by atoms with Crippen molar-refractivity contribution in [3.05, 3.63) is 51.9 Å². The molecule has 0 aliphatic rings. The van der Waals surface area contributed by atoms with Crippen molar-refractivity contribution >= 4 is 11.5 Å². The number of carbonyl (C=O) groups is 1. The lowest BCUT2D eigenvalue weighted by atomic mass is 10.1. The third kappa shape index (κ3) is 1.47. The summed E-state index contributed by atoms with van der Waals surface area (Å²) in [6, 6.07) is 6.20. The summed E-state index contributed by atoms with van der Waals surface area (Å²) in [6.07, 6.45) is 1.48. The normalized spacial score (nSPS) is 10.6. The van der Waals surface area contributed by atoms with Crippen LogP contribution in [0, 0.1) is 0 Å². The van der Waals surface area contributed by atoms with Gasteiger partial charge in [0.25, 0.3) is 5.56 Å². The van der Waals surface area contributed by atoms with Crippen molar-refractivity contribution in [3.63, 3.8) is 0 Å². The number of rotatable bonds is 2. The monoisotopic (exact) mass is 219 g/mol. The molecule has 5 nitrogen and oxygen atoms in total. The van der Waals surface area contributed by atoms with E-state index in [0.29, 0.717) is 11.1 Å². The summed E-state index contributed by atoms with van der Waals surface area (Å²) in [6.45, 7) is -0.311. The first-order valence-electron chi connectivity index (χ1n) is 4.62. The van der Waals surface area contributed by atoms with Gasteiger partial charge in [-0.15, -0.1) is 0 Å². The highest BCUT2D eigenvalue weighted by Gasteiger charge is 2.13. The molecule has 2 N–H and O–H groups in total. The van der Waals surface area contributed by atoms with Gasteiger partial charge in [-0.1, -0.05) is 6.07 Å². The van der Waals surface area contributed by atoms with E-state index in [4.69, 9.17) is 10.2 Å². The number of aromatic carboxylic acids is 1. The van der Waals surface area contributed by atoms with Gasteiger partial charge in [-0.05, 0) is 18.2 Å². The van der Waals surface area contributed by atoms with Gasteiger partial charge in [0.15, 0.2) is 0 Å². The number of hydrogen-bond acceptors (Lipinski definition) is 3. The molecule has 0 bridgehead atoms. The molecule has 0 saturated carbocycles. The molecule has 0 saturated heterocycles. The van der Waals surface area contributed by atoms with Crippen LogP contribution in [0.25, 0.3) is 5.52 Å². The van der Waals surface area contributed by atoms with Gasteiger partial charge in [0, 0.05) is 11.8 Å². The summed E-state index contributed by atoms with van der Waals surface area (Å²) in [7, 11) is 0. The van der Waals surface area contributed by atoms with Crippen LogP contribution in [0.15, 0.2) is 35.3 Å². The van der Waals surface area contributed by atoms with E-state index in [-0.39, 0.29) is 12.2 Å². The van der Waals surface area contributed by atoms with Crippen molar-refractivity contribution in [3.8, 4) is 0 Å². The van der Waals surface area contributed by atoms with Crippen LogP contribution in [0.1, 0.15) is 15.9 Å². The average molecular weight is 219 g/mol. The molecular weight excluding hydrogens is 210 g/mol. The molecule has 2 rings (SSSR count). The van der Waals surface area contributed by atoms with E-state index in [0.717, 1.165) is 0 Å². The molecule has 0 aliphatic carbocycles. The van der Waals surface area contributed by atoms with Gasteiger partial charge in [-0.3, -0.25) is 9.20 Å². The number of aromatic nitrogens is 1. The number of aliphatic hydroxyl groups is 1. The van der Waals surface area contributed by atoms with Crippen molar-refractivity contribution in [1.29, 1.82) is 0 Å². The Bertz CT molecular complexity index is 615. The lowest BCUT2D eigenvalue weighted by Crippen LogP contribution is -2.22. The second-order valence-electron chi connectivity index (χ2n) is 3.31. The zero-order chi connectivity index (χ0) is 11.7. The lowest BCUT2D eigenvalue weighted by molar-refractivity contribution is 0.0694. The topological polar surface area (TPSA) is 79.0 Å². The minimum absolute atomic E-state index is 0.311. The van der Waals surface area contributed by atoms with Crippen molar-refractivity contribution in [2.75, 3.05) is 0 Å². The number of carboxylic acids is 1. The lowest BCUT2D eigenvalue weighted by Gasteiger charge is -2.06. The Morgan fingerprint density at radius 3 is 2.75 bits per heavy atom. The molecule has 82 valence electrons. The van der Waals surface area contributed by atoms with Gasteiger partial charge in [0.2, 0.25) is 0 Å². The smallest absolute Gasteiger partial charge is 0.341 e. The Labute approximate surface area is 90.2 Å². The maximum absolute atomic E-state index is 11.7. The van der Waals surface area contributed by atoms with E-state index in [1.54, 1.807) is 18.2 Å². The van der Waals surface area contributed by atoms with E-state index >= 15 is 0 Å². The summed E-state index contributed by atoms with van der Waals surface area (Å²) in [5, 5.41) is 18.0.